The van der Waals surface area contributed by atoms with Crippen LogP contribution in [0.2, 0.25) is 0 Å². The fourth-order valence-corrected chi connectivity index (χ4v) is 2.55. The van der Waals surface area contributed by atoms with Crippen LogP contribution in [-0.2, 0) is 22.6 Å². The number of rotatable bonds is 7. The predicted molar refractivity (Wildman–Crippen MR) is 93.2 cm³/mol. The first-order chi connectivity index (χ1) is 11.1. The number of halogens is 1. The van der Waals surface area contributed by atoms with E-state index in [-0.39, 0.29) is 5.97 Å². The van der Waals surface area contributed by atoms with Crippen molar-refractivity contribution in [1.29, 1.82) is 0 Å². The Kier molecular flexibility index (Phi) is 6.62. The van der Waals surface area contributed by atoms with Crippen LogP contribution in [0.25, 0.3) is 0 Å². The molecule has 0 aromatic heterocycles. The molecule has 0 heterocycles. The molecule has 0 amide bonds. The molecule has 2 aromatic carbocycles. The molecule has 0 radical (unpaired) electrons. The molecule has 5 heteroatoms. The van der Waals surface area contributed by atoms with E-state index in [1.165, 1.54) is 0 Å². The highest BCUT2D eigenvalue weighted by Crippen LogP contribution is 2.17. The molecule has 2 N–H and O–H groups in total. The average molecular weight is 378 g/mol. The quantitative estimate of drug-likeness (QED) is 0.750. The summed E-state index contributed by atoms with van der Waals surface area (Å²) in [6, 6.07) is 14.9. The zero-order valence-corrected chi connectivity index (χ0v) is 14.6. The van der Waals surface area contributed by atoms with Crippen molar-refractivity contribution < 1.29 is 14.3 Å². The van der Waals surface area contributed by atoms with Gasteiger partial charge in [0.2, 0.25) is 0 Å². The lowest BCUT2D eigenvalue weighted by molar-refractivity contribution is -0.144. The Morgan fingerprint density at radius 1 is 1.17 bits per heavy atom. The van der Waals surface area contributed by atoms with Crippen LogP contribution in [0.5, 0.6) is 5.75 Å². The highest BCUT2D eigenvalue weighted by Gasteiger charge is 2.14. The van der Waals surface area contributed by atoms with Crippen molar-refractivity contribution in [2.75, 3.05) is 6.61 Å². The lowest BCUT2D eigenvalue weighted by Gasteiger charge is -2.11. The van der Waals surface area contributed by atoms with Crippen LogP contribution in [0.3, 0.4) is 0 Å². The topological polar surface area (TPSA) is 61.5 Å². The van der Waals surface area contributed by atoms with Crippen LogP contribution in [0.4, 0.5) is 0 Å². The van der Waals surface area contributed by atoms with Crippen LogP contribution in [0, 0.1) is 0 Å². The van der Waals surface area contributed by atoms with E-state index < -0.39 is 6.04 Å². The third kappa shape index (κ3) is 5.69. The van der Waals surface area contributed by atoms with Gasteiger partial charge in [-0.2, -0.15) is 0 Å². The Labute approximate surface area is 144 Å². The molecule has 4 nitrogen and oxygen atoms in total. The van der Waals surface area contributed by atoms with E-state index in [1.54, 1.807) is 6.92 Å². The number of esters is 1. The van der Waals surface area contributed by atoms with Gasteiger partial charge in [0.1, 0.15) is 18.4 Å². The number of hydrogen-bond donors (Lipinski definition) is 1. The molecule has 0 aliphatic rings. The van der Waals surface area contributed by atoms with E-state index in [4.69, 9.17) is 15.2 Å². The summed E-state index contributed by atoms with van der Waals surface area (Å²) in [5.74, 6) is 0.404. The van der Waals surface area contributed by atoms with E-state index in [0.717, 1.165) is 21.3 Å². The van der Waals surface area contributed by atoms with Gasteiger partial charge in [0.15, 0.2) is 0 Å². The van der Waals surface area contributed by atoms with Crippen molar-refractivity contribution >= 4 is 21.9 Å². The molecule has 0 saturated heterocycles. The largest absolute Gasteiger partial charge is 0.489 e. The van der Waals surface area contributed by atoms with Gasteiger partial charge in [-0.3, -0.25) is 4.79 Å². The smallest absolute Gasteiger partial charge is 0.323 e. The molecular weight excluding hydrogens is 358 g/mol. The number of carbonyl (C=O) groups is 1. The summed E-state index contributed by atoms with van der Waals surface area (Å²) in [5.41, 5.74) is 7.88. The van der Waals surface area contributed by atoms with E-state index in [2.05, 4.69) is 15.9 Å². The van der Waals surface area contributed by atoms with Crippen LogP contribution in [-0.4, -0.2) is 18.6 Å². The number of ether oxygens (including phenoxy) is 2. The molecule has 122 valence electrons. The summed E-state index contributed by atoms with van der Waals surface area (Å²) in [5, 5.41) is 0. The van der Waals surface area contributed by atoms with Gasteiger partial charge in [-0.15, -0.1) is 0 Å². The Bertz CT molecular complexity index is 643. The highest BCUT2D eigenvalue weighted by molar-refractivity contribution is 9.10. The third-order valence-electron chi connectivity index (χ3n) is 3.26. The SMILES string of the molecule is CCOC(=O)C(N)Cc1ccc(OCc2cccc(Br)c2)cc1. The van der Waals surface area contributed by atoms with Crippen molar-refractivity contribution in [3.8, 4) is 5.75 Å². The minimum Gasteiger partial charge on any atom is -0.489 e. The summed E-state index contributed by atoms with van der Waals surface area (Å²) in [7, 11) is 0. The van der Waals surface area contributed by atoms with Crippen molar-refractivity contribution in [3.05, 3.63) is 64.1 Å². The second-order valence-electron chi connectivity index (χ2n) is 5.13. The maximum atomic E-state index is 11.5. The van der Waals surface area contributed by atoms with E-state index in [0.29, 0.717) is 19.6 Å². The van der Waals surface area contributed by atoms with Gasteiger partial charge in [-0.25, -0.2) is 0 Å². The molecule has 0 spiro atoms. The standard InChI is InChI=1S/C18H20BrNO3/c1-2-22-18(21)17(20)11-13-6-8-16(9-7-13)23-12-14-4-3-5-15(19)10-14/h3-10,17H,2,11-12,20H2,1H3. The Balaban J connectivity index is 1.88. The zero-order chi connectivity index (χ0) is 16.7. The van der Waals surface area contributed by atoms with Gasteiger partial charge >= 0.3 is 5.97 Å². The predicted octanol–water partition coefficient (Wildman–Crippen LogP) is 3.46. The van der Waals surface area contributed by atoms with E-state index in [1.807, 2.05) is 48.5 Å². The van der Waals surface area contributed by atoms with Gasteiger partial charge < -0.3 is 15.2 Å². The fraction of sp³-hybridized carbons (Fsp3) is 0.278. The molecule has 23 heavy (non-hydrogen) atoms. The molecule has 0 fully saturated rings. The molecule has 0 bridgehead atoms. The molecule has 0 saturated carbocycles. The lowest BCUT2D eigenvalue weighted by atomic mass is 10.1. The van der Waals surface area contributed by atoms with Gasteiger partial charge in [0.25, 0.3) is 0 Å². The first-order valence-electron chi connectivity index (χ1n) is 7.47. The Morgan fingerprint density at radius 3 is 2.57 bits per heavy atom. The van der Waals surface area contributed by atoms with Crippen LogP contribution < -0.4 is 10.5 Å². The number of hydrogen-bond acceptors (Lipinski definition) is 4. The van der Waals surface area contributed by atoms with Gasteiger partial charge in [-0.05, 0) is 48.7 Å². The van der Waals surface area contributed by atoms with Crippen molar-refractivity contribution in [1.82, 2.24) is 0 Å². The van der Waals surface area contributed by atoms with Crippen LogP contribution in [0.1, 0.15) is 18.1 Å². The molecule has 0 aliphatic heterocycles. The van der Waals surface area contributed by atoms with Gasteiger partial charge in [0.05, 0.1) is 6.61 Å². The highest BCUT2D eigenvalue weighted by atomic mass is 79.9. The van der Waals surface area contributed by atoms with Gasteiger partial charge in [0, 0.05) is 4.47 Å². The zero-order valence-electron chi connectivity index (χ0n) is 13.0. The summed E-state index contributed by atoms with van der Waals surface area (Å²) < 4.78 is 11.7. The molecule has 0 aliphatic carbocycles. The number of benzene rings is 2. The molecule has 2 aromatic rings. The molecule has 2 rings (SSSR count). The van der Waals surface area contributed by atoms with Crippen molar-refractivity contribution in [2.24, 2.45) is 5.73 Å². The number of nitrogens with two attached hydrogens (primary N) is 1. The first-order valence-corrected chi connectivity index (χ1v) is 8.26. The van der Waals surface area contributed by atoms with Crippen molar-refractivity contribution in [3.63, 3.8) is 0 Å². The summed E-state index contributed by atoms with van der Waals surface area (Å²) in [6.45, 7) is 2.61. The van der Waals surface area contributed by atoms with E-state index >= 15 is 0 Å². The Hall–Kier alpha value is -1.85. The van der Waals surface area contributed by atoms with E-state index in [9.17, 15) is 4.79 Å². The average Bonchev–Trinajstić information content (AvgIpc) is 2.54. The van der Waals surface area contributed by atoms with Gasteiger partial charge in [-0.1, -0.05) is 40.2 Å². The molecular formula is C18H20BrNO3. The lowest BCUT2D eigenvalue weighted by Crippen LogP contribution is -2.34. The minimum atomic E-state index is -0.636. The summed E-state index contributed by atoms with van der Waals surface area (Å²) in [6.07, 6.45) is 0.449. The molecule has 1 unspecified atom stereocenters. The summed E-state index contributed by atoms with van der Waals surface area (Å²) >= 11 is 3.44. The maximum absolute atomic E-state index is 11.5. The Morgan fingerprint density at radius 2 is 1.91 bits per heavy atom. The third-order valence-corrected chi connectivity index (χ3v) is 3.76. The second-order valence-corrected chi connectivity index (χ2v) is 6.04. The maximum Gasteiger partial charge on any atom is 0.323 e. The first kappa shape index (κ1) is 17.5. The number of carbonyl (C=O) groups excluding carboxylic acids is 1. The fourth-order valence-electron chi connectivity index (χ4n) is 2.10. The monoisotopic (exact) mass is 377 g/mol. The van der Waals surface area contributed by atoms with Crippen LogP contribution >= 0.6 is 15.9 Å². The van der Waals surface area contributed by atoms with Crippen LogP contribution in [0.15, 0.2) is 53.0 Å². The van der Waals surface area contributed by atoms with Crippen molar-refractivity contribution in [2.45, 2.75) is 26.0 Å². The molecule has 1 atom stereocenters. The minimum absolute atomic E-state index is 0.342. The normalized spacial score (nSPS) is 11.8. The second kappa shape index (κ2) is 8.70. The summed E-state index contributed by atoms with van der Waals surface area (Å²) in [4.78, 5) is 11.5.